The minimum atomic E-state index is -0.421. The predicted molar refractivity (Wildman–Crippen MR) is 126 cm³/mol. The quantitative estimate of drug-likeness (QED) is 0.390. The van der Waals surface area contributed by atoms with E-state index in [-0.39, 0.29) is 23.3 Å². The van der Waals surface area contributed by atoms with Gasteiger partial charge in [0.05, 0.1) is 19.1 Å². The van der Waals surface area contributed by atoms with E-state index in [1.165, 1.54) is 17.0 Å². The number of carbonyl (C=O) groups is 1. The Morgan fingerprint density at radius 1 is 1.06 bits per heavy atom. The number of nitrogens with zero attached hydrogens (tertiary/aromatic N) is 1. The summed E-state index contributed by atoms with van der Waals surface area (Å²) in [5.74, 6) is 1.02. The third-order valence-corrected chi connectivity index (χ3v) is 7.37. The first-order valence-corrected chi connectivity index (χ1v) is 11.4. The normalized spacial score (nSPS) is 19.4. The molecule has 0 fully saturated rings. The van der Waals surface area contributed by atoms with Gasteiger partial charge in [-0.3, -0.25) is 14.9 Å². The fourth-order valence-electron chi connectivity index (χ4n) is 4.80. The van der Waals surface area contributed by atoms with Gasteiger partial charge in [0.15, 0.2) is 17.3 Å². The van der Waals surface area contributed by atoms with Gasteiger partial charge in [-0.05, 0) is 35.1 Å². The molecule has 2 aromatic carbocycles. The number of rotatable bonds is 5. The van der Waals surface area contributed by atoms with Gasteiger partial charge in [0.2, 0.25) is 0 Å². The second kappa shape index (κ2) is 8.37. The molecule has 0 amide bonds. The summed E-state index contributed by atoms with van der Waals surface area (Å²) in [6.45, 7) is 0. The molecule has 0 bridgehead atoms. The molecular weight excluding hydrogens is 440 g/mol. The van der Waals surface area contributed by atoms with E-state index in [0.717, 1.165) is 34.5 Å². The smallest absolute Gasteiger partial charge is 0.269 e. The van der Waals surface area contributed by atoms with Crippen LogP contribution in [0.2, 0.25) is 0 Å². The van der Waals surface area contributed by atoms with Crippen LogP contribution >= 0.6 is 11.3 Å². The lowest BCUT2D eigenvalue weighted by Crippen LogP contribution is -2.29. The van der Waals surface area contributed by atoms with E-state index in [1.54, 1.807) is 37.7 Å². The summed E-state index contributed by atoms with van der Waals surface area (Å²) in [6, 6.07) is 14.3. The summed E-state index contributed by atoms with van der Waals surface area (Å²) < 4.78 is 11.0. The van der Waals surface area contributed by atoms with E-state index in [4.69, 9.17) is 9.47 Å². The van der Waals surface area contributed by atoms with Crippen LogP contribution in [0, 0.1) is 10.1 Å². The topological polar surface area (TPSA) is 90.7 Å². The van der Waals surface area contributed by atoms with Crippen molar-refractivity contribution in [3.63, 3.8) is 0 Å². The van der Waals surface area contributed by atoms with Gasteiger partial charge in [-0.1, -0.05) is 18.2 Å². The lowest BCUT2D eigenvalue weighted by Gasteiger charge is -2.36. The van der Waals surface area contributed by atoms with E-state index in [2.05, 4.69) is 11.4 Å². The van der Waals surface area contributed by atoms with Crippen molar-refractivity contribution in [2.75, 3.05) is 19.5 Å². The van der Waals surface area contributed by atoms with E-state index >= 15 is 0 Å². The number of hydrogen-bond acceptors (Lipinski definition) is 7. The fraction of sp³-hybridized carbons (Fsp3) is 0.240. The summed E-state index contributed by atoms with van der Waals surface area (Å²) in [6.07, 6.45) is 1.16. The highest BCUT2D eigenvalue weighted by molar-refractivity contribution is 7.10. The molecule has 7 nitrogen and oxygen atoms in total. The summed E-state index contributed by atoms with van der Waals surface area (Å²) in [5, 5.41) is 16.7. The summed E-state index contributed by atoms with van der Waals surface area (Å²) in [7, 11) is 3.16. The van der Waals surface area contributed by atoms with Crippen molar-refractivity contribution in [2.24, 2.45) is 0 Å². The van der Waals surface area contributed by atoms with E-state index in [9.17, 15) is 14.9 Å². The number of fused-ring (bicyclic) bond motifs is 1. The molecule has 2 unspecified atom stereocenters. The molecular formula is C25H22N2O5S. The molecule has 1 aliphatic heterocycles. The second-order valence-electron chi connectivity index (χ2n) is 8.14. The molecule has 0 saturated heterocycles. The number of thiophene rings is 1. The number of nitro groups is 1. The monoisotopic (exact) mass is 462 g/mol. The number of anilines is 1. The third kappa shape index (κ3) is 3.66. The molecule has 2 heterocycles. The summed E-state index contributed by atoms with van der Waals surface area (Å²) in [4.78, 5) is 25.5. The maximum Gasteiger partial charge on any atom is 0.269 e. The van der Waals surface area contributed by atoms with E-state index in [0.29, 0.717) is 17.9 Å². The van der Waals surface area contributed by atoms with Gasteiger partial charge in [-0.2, -0.15) is 0 Å². The van der Waals surface area contributed by atoms with Gasteiger partial charge < -0.3 is 14.8 Å². The van der Waals surface area contributed by atoms with Gasteiger partial charge in [-0.25, -0.2) is 0 Å². The Morgan fingerprint density at radius 3 is 2.42 bits per heavy atom. The molecule has 5 rings (SSSR count). The molecule has 3 aromatic rings. The van der Waals surface area contributed by atoms with Crippen molar-refractivity contribution in [3.05, 3.63) is 91.3 Å². The molecule has 33 heavy (non-hydrogen) atoms. The Bertz CT molecular complexity index is 1260. The van der Waals surface area contributed by atoms with Crippen molar-refractivity contribution in [3.8, 4) is 11.5 Å². The number of hydrogen-bond donors (Lipinski definition) is 1. The summed E-state index contributed by atoms with van der Waals surface area (Å²) in [5.41, 5.74) is 4.18. The van der Waals surface area contributed by atoms with Crippen molar-refractivity contribution in [2.45, 2.75) is 24.7 Å². The van der Waals surface area contributed by atoms with Crippen LogP contribution in [0.25, 0.3) is 0 Å². The predicted octanol–water partition coefficient (Wildman–Crippen LogP) is 5.63. The Balaban J connectivity index is 1.66. The van der Waals surface area contributed by atoms with E-state index < -0.39 is 4.92 Å². The number of nitrogens with one attached hydrogen (secondary N) is 1. The number of carbonyl (C=O) groups excluding carboxylic acids is 1. The number of allylic oxidation sites excluding steroid dienone is 2. The molecule has 0 radical (unpaired) electrons. The molecule has 2 aliphatic rings. The average molecular weight is 463 g/mol. The highest BCUT2D eigenvalue weighted by atomic mass is 32.1. The van der Waals surface area contributed by atoms with Crippen molar-refractivity contribution in [1.82, 2.24) is 0 Å². The Kier molecular flexibility index (Phi) is 5.38. The SMILES string of the molecule is COc1cc2c(cc1OC)C(c1ccc([N+](=O)[O-])cc1)C1=C(CC(c3cccs3)CC1=O)N2. The molecule has 168 valence electrons. The zero-order valence-corrected chi connectivity index (χ0v) is 19.0. The fourth-order valence-corrected chi connectivity index (χ4v) is 5.63. The molecule has 0 spiro atoms. The van der Waals surface area contributed by atoms with Crippen molar-refractivity contribution < 1.29 is 19.2 Å². The Morgan fingerprint density at radius 2 is 1.79 bits per heavy atom. The van der Waals surface area contributed by atoms with Crippen LogP contribution in [0.5, 0.6) is 11.5 Å². The number of nitro benzene ring substituents is 1. The average Bonchev–Trinajstić information content (AvgIpc) is 3.37. The molecule has 1 aromatic heterocycles. The Labute approximate surface area is 194 Å². The largest absolute Gasteiger partial charge is 0.493 e. The zero-order valence-electron chi connectivity index (χ0n) is 18.2. The first kappa shape index (κ1) is 21.2. The van der Waals surface area contributed by atoms with Gasteiger partial charge in [0.25, 0.3) is 5.69 Å². The van der Waals surface area contributed by atoms with Crippen molar-refractivity contribution >= 4 is 28.5 Å². The lowest BCUT2D eigenvalue weighted by atomic mass is 9.73. The first-order valence-electron chi connectivity index (χ1n) is 10.6. The van der Waals surface area contributed by atoms with Crippen LogP contribution < -0.4 is 14.8 Å². The van der Waals surface area contributed by atoms with Crippen LogP contribution in [0.1, 0.15) is 40.7 Å². The van der Waals surface area contributed by atoms with Crippen LogP contribution in [0.4, 0.5) is 11.4 Å². The molecule has 2 atom stereocenters. The molecule has 1 N–H and O–H groups in total. The summed E-state index contributed by atoms with van der Waals surface area (Å²) >= 11 is 1.67. The molecule has 0 saturated carbocycles. The number of non-ortho nitro benzene ring substituents is 1. The van der Waals surface area contributed by atoms with Crippen LogP contribution in [-0.4, -0.2) is 24.9 Å². The van der Waals surface area contributed by atoms with Crippen LogP contribution in [0.15, 0.2) is 65.2 Å². The highest BCUT2D eigenvalue weighted by Crippen LogP contribution is 2.50. The maximum atomic E-state index is 13.5. The van der Waals surface area contributed by atoms with Gasteiger partial charge in [0, 0.05) is 58.3 Å². The van der Waals surface area contributed by atoms with Crippen LogP contribution in [-0.2, 0) is 4.79 Å². The standard InChI is InChI=1S/C25H22N2O5S/c1-31-21-12-17-18(13-22(21)32-2)26-19-10-15(23-4-3-9-33-23)11-20(28)25(19)24(17)14-5-7-16(8-6-14)27(29)30/h3-9,12-13,15,24,26H,10-11H2,1-2H3. The second-order valence-corrected chi connectivity index (χ2v) is 9.12. The highest BCUT2D eigenvalue weighted by Gasteiger charge is 2.39. The number of ketones is 1. The van der Waals surface area contributed by atoms with Gasteiger partial charge in [0.1, 0.15) is 0 Å². The van der Waals surface area contributed by atoms with Gasteiger partial charge >= 0.3 is 0 Å². The van der Waals surface area contributed by atoms with Crippen molar-refractivity contribution in [1.29, 1.82) is 0 Å². The molecule has 8 heteroatoms. The number of methoxy groups -OCH3 is 2. The number of Topliss-reactive ketones (excluding diaryl/α,β-unsaturated/α-hetero) is 1. The zero-order chi connectivity index (χ0) is 23.1. The number of benzene rings is 2. The van der Waals surface area contributed by atoms with E-state index in [1.807, 2.05) is 23.6 Å². The lowest BCUT2D eigenvalue weighted by molar-refractivity contribution is -0.384. The minimum Gasteiger partial charge on any atom is -0.493 e. The van der Waals surface area contributed by atoms with Gasteiger partial charge in [-0.15, -0.1) is 11.3 Å². The maximum absolute atomic E-state index is 13.5. The first-order chi connectivity index (χ1) is 16.0. The van der Waals surface area contributed by atoms with Crippen LogP contribution in [0.3, 0.4) is 0 Å². The minimum absolute atomic E-state index is 0.0159. The third-order valence-electron chi connectivity index (χ3n) is 6.33. The number of ether oxygens (including phenoxy) is 2. The Hall–Kier alpha value is -3.65. The molecule has 1 aliphatic carbocycles.